The van der Waals surface area contributed by atoms with E-state index >= 15 is 0 Å². The van der Waals surface area contributed by atoms with E-state index in [4.69, 9.17) is 0 Å². The van der Waals surface area contributed by atoms with Crippen LogP contribution >= 0.6 is 0 Å². The molecule has 0 saturated carbocycles. The maximum Gasteiger partial charge on any atom is 0.0687 e. The zero-order valence-electron chi connectivity index (χ0n) is 12.5. The van der Waals surface area contributed by atoms with E-state index < -0.39 is 8.07 Å². The Kier molecular flexibility index (Phi) is 4.75. The lowest BCUT2D eigenvalue weighted by atomic mass is 10.1. The Morgan fingerprint density at radius 1 is 0.600 bits per heavy atom. The van der Waals surface area contributed by atoms with Gasteiger partial charge in [-0.15, -0.1) is 0 Å². The molecule has 0 N–H and O–H groups in total. The van der Waals surface area contributed by atoms with Crippen LogP contribution in [-0.4, -0.2) is 8.07 Å². The van der Waals surface area contributed by atoms with Crippen molar-refractivity contribution in [3.05, 3.63) is 77.0 Å². The van der Waals surface area contributed by atoms with E-state index in [2.05, 4.69) is 92.1 Å². The molecule has 0 fully saturated rings. The van der Waals surface area contributed by atoms with E-state index in [9.17, 15) is 0 Å². The third kappa shape index (κ3) is 5.02. The number of rotatable bonds is 4. The van der Waals surface area contributed by atoms with Gasteiger partial charge in [0.05, 0.1) is 8.07 Å². The van der Waals surface area contributed by atoms with Gasteiger partial charge in [-0.3, -0.25) is 0 Å². The van der Waals surface area contributed by atoms with Crippen LogP contribution in [0.5, 0.6) is 0 Å². The fourth-order valence-electron chi connectivity index (χ4n) is 1.82. The summed E-state index contributed by atoms with van der Waals surface area (Å²) in [6.45, 7) is 7.04. The standard InChI is InChI=1S/C19H22Si/c1-20(2,3)16-15-19-13-11-18(12-14-19)10-9-17-7-5-4-6-8-17/h4-16H,1-3H3/b10-9+,16-15+. The Labute approximate surface area is 123 Å². The molecule has 102 valence electrons. The van der Waals surface area contributed by atoms with Crippen molar-refractivity contribution in [3.63, 3.8) is 0 Å². The van der Waals surface area contributed by atoms with Gasteiger partial charge in [-0.2, -0.15) is 0 Å². The van der Waals surface area contributed by atoms with Crippen molar-refractivity contribution in [2.75, 3.05) is 0 Å². The molecule has 0 atom stereocenters. The van der Waals surface area contributed by atoms with Gasteiger partial charge in [-0.1, -0.05) is 98.2 Å². The predicted octanol–water partition coefficient (Wildman–Crippen LogP) is 5.75. The van der Waals surface area contributed by atoms with Crippen LogP contribution in [0.4, 0.5) is 0 Å². The Morgan fingerprint density at radius 3 is 1.55 bits per heavy atom. The SMILES string of the molecule is C[Si](C)(C)/C=C/c1ccc(/C=C/c2ccccc2)cc1. The predicted molar refractivity (Wildman–Crippen MR) is 94.2 cm³/mol. The minimum atomic E-state index is -1.11. The van der Waals surface area contributed by atoms with E-state index in [1.54, 1.807) is 0 Å². The van der Waals surface area contributed by atoms with Crippen LogP contribution in [0.1, 0.15) is 16.7 Å². The van der Waals surface area contributed by atoms with Crippen LogP contribution in [0, 0.1) is 0 Å². The molecule has 2 rings (SSSR count). The first kappa shape index (κ1) is 14.5. The molecule has 0 radical (unpaired) electrons. The third-order valence-electron chi connectivity index (χ3n) is 2.98. The molecule has 0 bridgehead atoms. The summed E-state index contributed by atoms with van der Waals surface area (Å²) < 4.78 is 0. The van der Waals surface area contributed by atoms with E-state index in [0.29, 0.717) is 0 Å². The summed E-state index contributed by atoms with van der Waals surface area (Å²) in [5.41, 5.74) is 6.13. The van der Waals surface area contributed by atoms with Crippen LogP contribution in [-0.2, 0) is 0 Å². The number of hydrogen-bond acceptors (Lipinski definition) is 0. The molecule has 0 aromatic heterocycles. The second kappa shape index (κ2) is 6.53. The molecule has 0 heterocycles. The average Bonchev–Trinajstić information content (AvgIpc) is 2.44. The van der Waals surface area contributed by atoms with Gasteiger partial charge in [0.25, 0.3) is 0 Å². The van der Waals surface area contributed by atoms with Gasteiger partial charge in [0.15, 0.2) is 0 Å². The zero-order chi connectivity index (χ0) is 14.4. The molecule has 0 amide bonds. The topological polar surface area (TPSA) is 0 Å². The second-order valence-corrected chi connectivity index (χ2v) is 11.2. The van der Waals surface area contributed by atoms with Crippen LogP contribution in [0.25, 0.3) is 18.2 Å². The minimum Gasteiger partial charge on any atom is -0.0944 e. The summed E-state index contributed by atoms with van der Waals surface area (Å²) in [5, 5.41) is 0. The van der Waals surface area contributed by atoms with Crippen LogP contribution in [0.15, 0.2) is 60.3 Å². The van der Waals surface area contributed by atoms with Crippen molar-refractivity contribution in [2.45, 2.75) is 19.6 Å². The summed E-state index contributed by atoms with van der Waals surface area (Å²) in [5.74, 6) is 0. The largest absolute Gasteiger partial charge is 0.0944 e. The van der Waals surface area contributed by atoms with E-state index in [-0.39, 0.29) is 0 Å². The van der Waals surface area contributed by atoms with Crippen molar-refractivity contribution in [3.8, 4) is 0 Å². The molecule has 0 aliphatic heterocycles. The maximum absolute atomic E-state index is 2.38. The zero-order valence-corrected chi connectivity index (χ0v) is 13.5. The highest BCUT2D eigenvalue weighted by atomic mass is 28.3. The van der Waals surface area contributed by atoms with Crippen LogP contribution in [0.3, 0.4) is 0 Å². The molecule has 2 aromatic carbocycles. The van der Waals surface area contributed by atoms with E-state index in [0.717, 1.165) is 0 Å². The lowest BCUT2D eigenvalue weighted by Crippen LogP contribution is -2.15. The van der Waals surface area contributed by atoms with Crippen molar-refractivity contribution in [1.29, 1.82) is 0 Å². The average molecular weight is 278 g/mol. The highest BCUT2D eigenvalue weighted by Gasteiger charge is 2.06. The summed E-state index contributed by atoms with van der Waals surface area (Å²) in [6.07, 6.45) is 6.55. The quantitative estimate of drug-likeness (QED) is 0.493. The molecular weight excluding hydrogens is 256 g/mol. The van der Waals surface area contributed by atoms with Gasteiger partial charge in [-0.25, -0.2) is 0 Å². The van der Waals surface area contributed by atoms with Gasteiger partial charge in [0.2, 0.25) is 0 Å². The number of benzene rings is 2. The molecule has 0 aliphatic rings. The fraction of sp³-hybridized carbons (Fsp3) is 0.158. The molecule has 0 unspecified atom stereocenters. The summed E-state index contributed by atoms with van der Waals surface area (Å²) in [4.78, 5) is 0. The summed E-state index contributed by atoms with van der Waals surface area (Å²) in [6, 6.07) is 19.1. The lowest BCUT2D eigenvalue weighted by Gasteiger charge is -2.08. The summed E-state index contributed by atoms with van der Waals surface area (Å²) >= 11 is 0. The van der Waals surface area contributed by atoms with Gasteiger partial charge in [0.1, 0.15) is 0 Å². The van der Waals surface area contributed by atoms with Crippen molar-refractivity contribution in [1.82, 2.24) is 0 Å². The van der Waals surface area contributed by atoms with Gasteiger partial charge in [0, 0.05) is 0 Å². The molecule has 0 spiro atoms. The smallest absolute Gasteiger partial charge is 0.0687 e. The van der Waals surface area contributed by atoms with E-state index in [1.165, 1.54) is 16.7 Å². The molecule has 20 heavy (non-hydrogen) atoms. The fourth-order valence-corrected chi connectivity index (χ4v) is 2.51. The van der Waals surface area contributed by atoms with Gasteiger partial charge in [-0.05, 0) is 16.7 Å². The van der Waals surface area contributed by atoms with Crippen LogP contribution < -0.4 is 0 Å². The molecule has 1 heteroatoms. The van der Waals surface area contributed by atoms with Crippen molar-refractivity contribution < 1.29 is 0 Å². The minimum absolute atomic E-state index is 1.11. The van der Waals surface area contributed by atoms with E-state index in [1.807, 2.05) is 6.07 Å². The van der Waals surface area contributed by atoms with Gasteiger partial charge < -0.3 is 0 Å². The Bertz CT molecular complexity index is 584. The molecule has 0 saturated heterocycles. The Hall–Kier alpha value is -1.86. The Morgan fingerprint density at radius 2 is 1.05 bits per heavy atom. The Balaban J connectivity index is 2.05. The second-order valence-electron chi connectivity index (χ2n) is 6.11. The monoisotopic (exact) mass is 278 g/mol. The molecule has 2 aromatic rings. The van der Waals surface area contributed by atoms with Crippen molar-refractivity contribution >= 4 is 26.3 Å². The lowest BCUT2D eigenvalue weighted by molar-refractivity contribution is 1.62. The van der Waals surface area contributed by atoms with Gasteiger partial charge >= 0.3 is 0 Å². The first-order valence-corrected chi connectivity index (χ1v) is 10.6. The highest BCUT2D eigenvalue weighted by molar-refractivity contribution is 6.81. The first-order chi connectivity index (χ1) is 9.53. The van der Waals surface area contributed by atoms with Crippen LogP contribution in [0.2, 0.25) is 19.6 Å². The first-order valence-electron chi connectivity index (χ1n) is 7.05. The molecule has 0 aliphatic carbocycles. The highest BCUT2D eigenvalue weighted by Crippen LogP contribution is 2.12. The third-order valence-corrected chi connectivity index (χ3v) is 4.15. The van der Waals surface area contributed by atoms with Crippen molar-refractivity contribution in [2.24, 2.45) is 0 Å². The molecular formula is C19H22Si. The number of hydrogen-bond donors (Lipinski definition) is 0. The maximum atomic E-state index is 2.38. The normalized spacial score (nSPS) is 12.3. The summed E-state index contributed by atoms with van der Waals surface area (Å²) in [7, 11) is -1.11. The molecule has 0 nitrogen and oxygen atoms in total.